The van der Waals surface area contributed by atoms with Crippen LogP contribution in [0.4, 0.5) is 5.69 Å². The Morgan fingerprint density at radius 1 is 0.949 bits per heavy atom. The fourth-order valence-corrected chi connectivity index (χ4v) is 5.70. The number of nitrogens with zero attached hydrogens (tertiary/aromatic N) is 1. The van der Waals surface area contributed by atoms with E-state index >= 15 is 0 Å². The molecule has 4 aromatic carbocycles. The van der Waals surface area contributed by atoms with Gasteiger partial charge >= 0.3 is 5.97 Å². The van der Waals surface area contributed by atoms with E-state index in [-0.39, 0.29) is 17.9 Å². The van der Waals surface area contributed by atoms with Crippen LogP contribution in [0.3, 0.4) is 0 Å². The van der Waals surface area contributed by atoms with Gasteiger partial charge in [0.1, 0.15) is 23.0 Å². The average molecular weight is 577 g/mol. The molecular formula is C31H23Cl2NO4S. The van der Waals surface area contributed by atoms with Crippen molar-refractivity contribution in [3.8, 4) is 5.75 Å². The number of para-hydroxylation sites is 1. The number of aliphatic imine (C=N–C) groups is 1. The maximum atomic E-state index is 12.6. The summed E-state index contributed by atoms with van der Waals surface area (Å²) < 4.78 is 11.1. The second-order valence-corrected chi connectivity index (χ2v) is 10.4. The van der Waals surface area contributed by atoms with Gasteiger partial charge < -0.3 is 14.6 Å². The van der Waals surface area contributed by atoms with Crippen LogP contribution in [-0.4, -0.2) is 22.7 Å². The number of ether oxygens (including phenoxy) is 2. The van der Waals surface area contributed by atoms with E-state index in [1.807, 2.05) is 54.6 Å². The quantitative estimate of drug-likeness (QED) is 0.223. The normalized spacial score (nSPS) is 15.4. The highest BCUT2D eigenvalue weighted by atomic mass is 35.5. The van der Waals surface area contributed by atoms with E-state index in [0.29, 0.717) is 43.6 Å². The molecule has 1 N–H and O–H groups in total. The van der Waals surface area contributed by atoms with Gasteiger partial charge in [0.05, 0.1) is 27.2 Å². The molecule has 1 heterocycles. The summed E-state index contributed by atoms with van der Waals surface area (Å²) in [6.45, 7) is 2.17. The molecule has 4 aromatic rings. The molecule has 5 nitrogen and oxygen atoms in total. The molecular weight excluding hydrogens is 553 g/mol. The van der Waals surface area contributed by atoms with Crippen LogP contribution in [0.1, 0.15) is 18.1 Å². The molecule has 0 saturated carbocycles. The first-order chi connectivity index (χ1) is 18.9. The van der Waals surface area contributed by atoms with Crippen LogP contribution < -0.4 is 4.74 Å². The Bertz CT molecular complexity index is 1620. The van der Waals surface area contributed by atoms with Crippen molar-refractivity contribution >= 4 is 68.5 Å². The predicted octanol–water partition coefficient (Wildman–Crippen LogP) is 8.92. The van der Waals surface area contributed by atoms with Gasteiger partial charge in [-0.1, -0.05) is 89.6 Å². The number of carbonyl (C=O) groups excluding carboxylic acids is 1. The summed E-state index contributed by atoms with van der Waals surface area (Å²) in [4.78, 5) is 17.6. The third kappa shape index (κ3) is 6.14. The Balaban J connectivity index is 1.40. The van der Waals surface area contributed by atoms with Crippen LogP contribution in [0.5, 0.6) is 5.75 Å². The number of fused-ring (bicyclic) bond motifs is 1. The molecule has 0 unspecified atom stereocenters. The Morgan fingerprint density at radius 2 is 1.64 bits per heavy atom. The third-order valence-electron chi connectivity index (χ3n) is 5.87. The SMILES string of the molecule is CCOC(=O)C1=C(O)/C(=C/c2cc(Cl)c(OCc3ccc4ccccc4c3)c(Cl)c2)SC1=Nc1ccccc1. The number of thioether (sulfide) groups is 1. The van der Waals surface area contributed by atoms with Crippen molar-refractivity contribution < 1.29 is 19.4 Å². The lowest BCUT2D eigenvalue weighted by molar-refractivity contribution is -0.138. The van der Waals surface area contributed by atoms with Crippen molar-refractivity contribution in [3.63, 3.8) is 0 Å². The first-order valence-electron chi connectivity index (χ1n) is 12.2. The molecule has 0 fully saturated rings. The first kappa shape index (κ1) is 26.9. The van der Waals surface area contributed by atoms with Gasteiger partial charge in [0, 0.05) is 0 Å². The average Bonchev–Trinajstić information content (AvgIpc) is 3.22. The summed E-state index contributed by atoms with van der Waals surface area (Å²) in [5.74, 6) is -0.489. The maximum absolute atomic E-state index is 12.6. The molecule has 1 aliphatic rings. The Hall–Kier alpha value is -3.71. The molecule has 0 saturated heterocycles. The number of hydrogen-bond acceptors (Lipinski definition) is 6. The highest BCUT2D eigenvalue weighted by molar-refractivity contribution is 8.18. The van der Waals surface area contributed by atoms with Crippen molar-refractivity contribution in [2.24, 2.45) is 4.99 Å². The highest BCUT2D eigenvalue weighted by Crippen LogP contribution is 2.42. The number of esters is 1. The van der Waals surface area contributed by atoms with Gasteiger partial charge in [0.2, 0.25) is 0 Å². The molecule has 8 heteroatoms. The second-order valence-electron chi connectivity index (χ2n) is 8.59. The summed E-state index contributed by atoms with van der Waals surface area (Å²) in [5.41, 5.74) is 2.28. The second kappa shape index (κ2) is 12.0. The van der Waals surface area contributed by atoms with E-state index in [9.17, 15) is 9.90 Å². The van der Waals surface area contributed by atoms with Gasteiger partial charge in [0.15, 0.2) is 5.75 Å². The van der Waals surface area contributed by atoms with Crippen molar-refractivity contribution in [2.45, 2.75) is 13.5 Å². The van der Waals surface area contributed by atoms with Gasteiger partial charge in [-0.15, -0.1) is 0 Å². The standard InChI is InChI=1S/C31H23Cl2NO4S/c1-2-37-31(36)27-28(35)26(39-30(27)34-23-10-4-3-5-11-23)17-20-15-24(32)29(25(33)16-20)38-18-19-12-13-21-8-6-7-9-22(21)14-19/h3-17,35H,2,18H2,1H3/b26-17-,34-30?. The van der Waals surface area contributed by atoms with E-state index in [1.54, 1.807) is 25.1 Å². The Kier molecular flexibility index (Phi) is 8.27. The van der Waals surface area contributed by atoms with E-state index in [2.05, 4.69) is 23.2 Å². The zero-order valence-corrected chi connectivity index (χ0v) is 23.2. The molecule has 39 heavy (non-hydrogen) atoms. The van der Waals surface area contributed by atoms with Crippen LogP contribution in [-0.2, 0) is 16.1 Å². The smallest absolute Gasteiger partial charge is 0.344 e. The van der Waals surface area contributed by atoms with Crippen molar-refractivity contribution in [1.82, 2.24) is 0 Å². The molecule has 5 rings (SSSR count). The highest BCUT2D eigenvalue weighted by Gasteiger charge is 2.33. The zero-order chi connectivity index (χ0) is 27.4. The summed E-state index contributed by atoms with van der Waals surface area (Å²) in [5, 5.41) is 14.2. The lowest BCUT2D eigenvalue weighted by atomic mass is 10.1. The summed E-state index contributed by atoms with van der Waals surface area (Å²) in [6.07, 6.45) is 1.69. The predicted molar refractivity (Wildman–Crippen MR) is 160 cm³/mol. The number of rotatable bonds is 7. The van der Waals surface area contributed by atoms with Crippen LogP contribution in [0, 0.1) is 0 Å². The minimum Gasteiger partial charge on any atom is -0.506 e. The van der Waals surface area contributed by atoms with E-state index in [4.69, 9.17) is 32.7 Å². The number of benzene rings is 4. The van der Waals surface area contributed by atoms with E-state index in [1.165, 1.54) is 0 Å². The monoisotopic (exact) mass is 575 g/mol. The van der Waals surface area contributed by atoms with Crippen molar-refractivity contribution in [3.05, 3.63) is 122 Å². The molecule has 0 bridgehead atoms. The van der Waals surface area contributed by atoms with Crippen molar-refractivity contribution in [2.75, 3.05) is 6.61 Å². The van der Waals surface area contributed by atoms with Crippen LogP contribution in [0.15, 0.2) is 106 Å². The number of aliphatic hydroxyl groups excluding tert-OH is 1. The van der Waals surface area contributed by atoms with E-state index in [0.717, 1.165) is 28.1 Å². The van der Waals surface area contributed by atoms with E-state index < -0.39 is 5.97 Å². The van der Waals surface area contributed by atoms with Gasteiger partial charge in [-0.3, -0.25) is 0 Å². The van der Waals surface area contributed by atoms with Crippen LogP contribution in [0.25, 0.3) is 16.8 Å². The number of carbonyl (C=O) groups is 1. The van der Waals surface area contributed by atoms with Gasteiger partial charge in [-0.05, 0) is 65.2 Å². The van der Waals surface area contributed by atoms with Crippen LogP contribution >= 0.6 is 35.0 Å². The number of aliphatic hydroxyl groups is 1. The molecule has 0 aromatic heterocycles. The first-order valence-corrected chi connectivity index (χ1v) is 13.7. The minimum absolute atomic E-state index is 0.0180. The minimum atomic E-state index is -0.644. The molecule has 1 aliphatic heterocycles. The molecule has 0 aliphatic carbocycles. The lowest BCUT2D eigenvalue weighted by Gasteiger charge is -2.12. The Labute approximate surface area is 240 Å². The number of halogens is 2. The molecule has 196 valence electrons. The molecule has 0 amide bonds. The molecule has 0 spiro atoms. The fourth-order valence-electron chi connectivity index (χ4n) is 4.05. The van der Waals surface area contributed by atoms with Gasteiger partial charge in [-0.25, -0.2) is 9.79 Å². The summed E-state index contributed by atoms with van der Waals surface area (Å²) in [6, 6.07) is 26.8. The third-order valence-corrected chi connectivity index (χ3v) is 7.45. The largest absolute Gasteiger partial charge is 0.506 e. The number of hydrogen-bond donors (Lipinski definition) is 1. The van der Waals surface area contributed by atoms with Gasteiger partial charge in [-0.2, -0.15) is 0 Å². The Morgan fingerprint density at radius 3 is 2.36 bits per heavy atom. The molecule has 0 atom stereocenters. The van der Waals surface area contributed by atoms with Crippen LogP contribution in [0.2, 0.25) is 10.0 Å². The zero-order valence-electron chi connectivity index (χ0n) is 20.9. The molecule has 0 radical (unpaired) electrons. The van der Waals surface area contributed by atoms with Crippen molar-refractivity contribution in [1.29, 1.82) is 0 Å². The summed E-state index contributed by atoms with van der Waals surface area (Å²) in [7, 11) is 0. The maximum Gasteiger partial charge on any atom is 0.344 e. The topological polar surface area (TPSA) is 68.1 Å². The fraction of sp³-hybridized carbons (Fsp3) is 0.0968. The van der Waals surface area contributed by atoms with Gasteiger partial charge in [0.25, 0.3) is 0 Å². The lowest BCUT2D eigenvalue weighted by Crippen LogP contribution is -2.12. The summed E-state index contributed by atoms with van der Waals surface area (Å²) >= 11 is 14.3.